The van der Waals surface area contributed by atoms with Gasteiger partial charge in [-0.15, -0.1) is 6.58 Å². The van der Waals surface area contributed by atoms with Crippen molar-refractivity contribution in [2.24, 2.45) is 5.92 Å². The lowest BCUT2D eigenvalue weighted by atomic mass is 9.78. The largest absolute Gasteiger partial charge is 0.478 e. The van der Waals surface area contributed by atoms with Gasteiger partial charge in [-0.3, -0.25) is 0 Å². The Kier molecular flexibility index (Phi) is 11.3. The van der Waals surface area contributed by atoms with Gasteiger partial charge in [-0.25, -0.2) is 9.59 Å². The first kappa shape index (κ1) is 34.4. The van der Waals surface area contributed by atoms with Gasteiger partial charge in [0.1, 0.15) is 29.6 Å². The second-order valence-electron chi connectivity index (χ2n) is 10.4. The predicted octanol–water partition coefficient (Wildman–Crippen LogP) is -1.74. The van der Waals surface area contributed by atoms with Gasteiger partial charge in [-0.2, -0.15) is 0 Å². The zero-order chi connectivity index (χ0) is 32.1. The molecule has 3 heterocycles. The summed E-state index contributed by atoms with van der Waals surface area (Å²) in [6.07, 6.45) is -1.58. The average molecular weight is 614 g/mol. The van der Waals surface area contributed by atoms with Crippen LogP contribution in [-0.4, -0.2) is 134 Å². The maximum absolute atomic E-state index is 12.7. The number of carbonyl (C=O) groups excluding carboxylic acids is 1. The van der Waals surface area contributed by atoms with Crippen molar-refractivity contribution in [1.82, 2.24) is 4.90 Å². The van der Waals surface area contributed by atoms with Crippen LogP contribution in [0.1, 0.15) is 13.8 Å². The first-order chi connectivity index (χ1) is 20.2. The van der Waals surface area contributed by atoms with E-state index < -0.39 is 72.8 Å². The molecule has 3 aliphatic rings. The fraction of sp³-hybridized carbons (Fsp3) is 0.571. The summed E-state index contributed by atoms with van der Waals surface area (Å²) >= 11 is 0. The summed E-state index contributed by atoms with van der Waals surface area (Å²) in [5, 5.41) is 72.3. The van der Waals surface area contributed by atoms with Crippen molar-refractivity contribution >= 4 is 11.9 Å². The van der Waals surface area contributed by atoms with Crippen molar-refractivity contribution in [3.8, 4) is 0 Å². The molecule has 0 aromatic heterocycles. The summed E-state index contributed by atoms with van der Waals surface area (Å²) in [4.78, 5) is 25.9. The van der Waals surface area contributed by atoms with Crippen LogP contribution in [0.5, 0.6) is 0 Å². The van der Waals surface area contributed by atoms with Crippen LogP contribution in [-0.2, 0) is 33.3 Å². The number of ether oxygens (including phenoxy) is 5. The highest BCUT2D eigenvalue weighted by molar-refractivity contribution is 5.92. The number of nitrogens with zero attached hydrogens (tertiary/aromatic N) is 1. The molecule has 7 N–H and O–H groups in total. The van der Waals surface area contributed by atoms with E-state index >= 15 is 0 Å². The Morgan fingerprint density at radius 2 is 1.93 bits per heavy atom. The number of aliphatic carboxylic acids is 1. The average Bonchev–Trinajstić information content (AvgIpc) is 2.95. The first-order valence-electron chi connectivity index (χ1n) is 13.4. The smallest absolute Gasteiger partial charge is 0.340 e. The number of rotatable bonds is 12. The van der Waals surface area contributed by atoms with Crippen LogP contribution in [0.2, 0.25) is 0 Å². The Morgan fingerprint density at radius 3 is 2.49 bits per heavy atom. The molecule has 1 fully saturated rings. The summed E-state index contributed by atoms with van der Waals surface area (Å²) in [6, 6.07) is 0. The van der Waals surface area contributed by atoms with Gasteiger partial charge in [0, 0.05) is 19.3 Å². The third-order valence-corrected chi connectivity index (χ3v) is 7.08. The van der Waals surface area contributed by atoms with E-state index in [1.54, 1.807) is 18.7 Å². The van der Waals surface area contributed by atoms with Gasteiger partial charge >= 0.3 is 11.9 Å². The number of β-amino-alcohol motifs (C(OH)–C–C–N with tert-alkyl or cyclic N) is 1. The van der Waals surface area contributed by atoms with Crippen molar-refractivity contribution in [3.63, 3.8) is 0 Å². The highest BCUT2D eigenvalue weighted by atomic mass is 16.8. The molecule has 0 bridgehead atoms. The first-order valence-corrected chi connectivity index (χ1v) is 13.4. The van der Waals surface area contributed by atoms with E-state index in [-0.39, 0.29) is 30.8 Å². The normalized spacial score (nSPS) is 32.5. The summed E-state index contributed by atoms with van der Waals surface area (Å²) in [5.41, 5.74) is -2.27. The van der Waals surface area contributed by atoms with E-state index in [1.807, 2.05) is 0 Å². The molecule has 1 saturated heterocycles. The number of hydrogen-bond donors (Lipinski definition) is 7. The highest BCUT2D eigenvalue weighted by Crippen LogP contribution is 2.41. The summed E-state index contributed by atoms with van der Waals surface area (Å²) < 4.78 is 27.5. The van der Waals surface area contributed by atoms with E-state index in [0.717, 1.165) is 13.4 Å². The van der Waals surface area contributed by atoms with E-state index in [9.17, 15) is 45.3 Å². The molecule has 0 radical (unpaired) electrons. The van der Waals surface area contributed by atoms with Gasteiger partial charge in [-0.1, -0.05) is 12.2 Å². The molecule has 15 heteroatoms. The molecule has 15 nitrogen and oxygen atoms in total. The minimum Gasteiger partial charge on any atom is -0.478 e. The maximum Gasteiger partial charge on any atom is 0.340 e. The summed E-state index contributed by atoms with van der Waals surface area (Å²) in [7, 11) is 1.09. The van der Waals surface area contributed by atoms with Gasteiger partial charge in [-0.05, 0) is 31.6 Å². The number of methoxy groups -OCH3 is 1. The fourth-order valence-corrected chi connectivity index (χ4v) is 4.91. The van der Waals surface area contributed by atoms with Crippen LogP contribution in [0.15, 0.2) is 60.1 Å². The molecule has 0 aromatic rings. The van der Waals surface area contributed by atoms with Crippen molar-refractivity contribution in [2.75, 3.05) is 33.4 Å². The van der Waals surface area contributed by atoms with Crippen LogP contribution < -0.4 is 0 Å². The second-order valence-corrected chi connectivity index (χ2v) is 10.4. The maximum atomic E-state index is 12.7. The molecule has 0 amide bonds. The van der Waals surface area contributed by atoms with Crippen molar-refractivity contribution in [3.05, 3.63) is 60.1 Å². The molecule has 3 aliphatic heterocycles. The van der Waals surface area contributed by atoms with Gasteiger partial charge in [0.05, 0.1) is 37.9 Å². The van der Waals surface area contributed by atoms with Crippen molar-refractivity contribution < 1.29 is 69.0 Å². The number of carbonyl (C=O) groups is 2. The fourth-order valence-electron chi connectivity index (χ4n) is 4.91. The number of carboxylic acids is 1. The van der Waals surface area contributed by atoms with Gasteiger partial charge in [0.25, 0.3) is 0 Å². The van der Waals surface area contributed by atoms with E-state index in [1.165, 1.54) is 30.5 Å². The number of esters is 1. The quantitative estimate of drug-likeness (QED) is 0.0737. The molecular formula is C28H39NO14. The molecule has 7 atom stereocenters. The lowest BCUT2D eigenvalue weighted by molar-refractivity contribution is -0.414. The topological polar surface area (TPSA) is 225 Å². The molecular weight excluding hydrogens is 574 g/mol. The lowest BCUT2D eigenvalue weighted by Crippen LogP contribution is -2.69. The predicted molar refractivity (Wildman–Crippen MR) is 145 cm³/mol. The zero-order valence-corrected chi connectivity index (χ0v) is 24.0. The van der Waals surface area contributed by atoms with Crippen molar-refractivity contribution in [1.29, 1.82) is 0 Å². The zero-order valence-electron chi connectivity index (χ0n) is 24.0. The van der Waals surface area contributed by atoms with Gasteiger partial charge in [0.15, 0.2) is 12.4 Å². The SMILES string of the molecule is C=CC1C(OC2OC(CO)C(O)C(O)(O)C2OC(C)C)OC=C(C(=O)OC)C1(O)C=CC1=CC(C(=O)O)=CN(CCO)C1. The number of aliphatic hydroxyl groups excluding tert-OH is 3. The van der Waals surface area contributed by atoms with E-state index in [2.05, 4.69) is 6.58 Å². The molecule has 240 valence electrons. The van der Waals surface area contributed by atoms with E-state index in [4.69, 9.17) is 23.7 Å². The second kappa shape index (κ2) is 14.1. The number of carboxylic acid groups (broad SMARTS) is 1. The summed E-state index contributed by atoms with van der Waals surface area (Å²) in [6.45, 7) is 6.15. The molecule has 0 saturated carbocycles. The Hall–Kier alpha value is -3.12. The van der Waals surface area contributed by atoms with Crippen LogP contribution in [0.3, 0.4) is 0 Å². The third-order valence-electron chi connectivity index (χ3n) is 7.08. The Balaban J connectivity index is 2.01. The minimum absolute atomic E-state index is 0.0775. The monoisotopic (exact) mass is 613 g/mol. The van der Waals surface area contributed by atoms with Gasteiger partial charge < -0.3 is 64.3 Å². The number of aliphatic hydroxyl groups is 6. The van der Waals surface area contributed by atoms with Crippen LogP contribution >= 0.6 is 0 Å². The lowest BCUT2D eigenvalue weighted by Gasteiger charge is -2.48. The highest BCUT2D eigenvalue weighted by Gasteiger charge is 2.58. The van der Waals surface area contributed by atoms with Crippen LogP contribution in [0, 0.1) is 5.92 Å². The Labute approximate surface area is 247 Å². The molecule has 3 rings (SSSR count). The molecule has 43 heavy (non-hydrogen) atoms. The number of hydrogen-bond acceptors (Lipinski definition) is 14. The summed E-state index contributed by atoms with van der Waals surface area (Å²) in [5.74, 6) is -6.42. The van der Waals surface area contributed by atoms with Crippen molar-refractivity contribution in [2.45, 2.75) is 62.2 Å². The molecule has 0 aromatic carbocycles. The third kappa shape index (κ3) is 7.34. The van der Waals surface area contributed by atoms with E-state index in [0.29, 0.717) is 5.57 Å². The Bertz CT molecular complexity index is 1160. The van der Waals surface area contributed by atoms with Crippen LogP contribution in [0.25, 0.3) is 0 Å². The Morgan fingerprint density at radius 1 is 1.23 bits per heavy atom. The molecule has 0 spiro atoms. The molecule has 0 aliphatic carbocycles. The van der Waals surface area contributed by atoms with Crippen LogP contribution in [0.4, 0.5) is 0 Å². The standard InChI is InChI=1S/C28H39NO14/c1-5-18-25(43-26-22(41-15(2)3)28(37,38)21(32)20(13-31)42-26)40-14-19(24(35)39-4)27(18,36)7-6-16-10-17(23(33)34)12-29(11-16)8-9-30/h5-7,10,12,14-15,18,20-22,25-26,30-32,36-38H,1,8-9,11,13H2,2-4H3,(H,33,34). The molecule has 7 unspecified atom stereocenters. The minimum atomic E-state index is -2.94. The van der Waals surface area contributed by atoms with Gasteiger partial charge in [0.2, 0.25) is 12.1 Å².